The second kappa shape index (κ2) is 5.54. The van der Waals surface area contributed by atoms with Gasteiger partial charge in [-0.2, -0.15) is 0 Å². The van der Waals surface area contributed by atoms with Crippen molar-refractivity contribution in [2.24, 2.45) is 0 Å². The Bertz CT molecular complexity index is 372. The number of esters is 1. The molecule has 0 aromatic heterocycles. The van der Waals surface area contributed by atoms with Crippen molar-refractivity contribution in [2.45, 2.75) is 33.7 Å². The van der Waals surface area contributed by atoms with E-state index in [-0.39, 0.29) is 5.97 Å². The average Bonchev–Trinajstić information content (AvgIpc) is 2.20. The summed E-state index contributed by atoms with van der Waals surface area (Å²) in [5.74, 6) is -0.262. The molecule has 0 heterocycles. The molecule has 1 N–H and O–H groups in total. The minimum Gasteiger partial charge on any atom is -0.462 e. The first-order valence-electron chi connectivity index (χ1n) is 5.59. The molecular formula is C13H19NO2. The van der Waals surface area contributed by atoms with Crippen LogP contribution < -0.4 is 5.32 Å². The molecule has 3 nitrogen and oxygen atoms in total. The van der Waals surface area contributed by atoms with Gasteiger partial charge in [0.25, 0.3) is 0 Å². The van der Waals surface area contributed by atoms with Crippen LogP contribution in [-0.2, 0) is 4.74 Å². The molecule has 16 heavy (non-hydrogen) atoms. The number of hydrogen-bond donors (Lipinski definition) is 1. The van der Waals surface area contributed by atoms with Gasteiger partial charge in [-0.1, -0.05) is 0 Å². The van der Waals surface area contributed by atoms with E-state index in [0.717, 1.165) is 11.3 Å². The fourth-order valence-corrected chi connectivity index (χ4v) is 1.48. The lowest BCUT2D eigenvalue weighted by molar-refractivity contribution is 0.0526. The number of anilines is 1. The normalized spacial score (nSPS) is 10.3. The van der Waals surface area contributed by atoms with Gasteiger partial charge < -0.3 is 10.1 Å². The highest BCUT2D eigenvalue weighted by atomic mass is 16.5. The van der Waals surface area contributed by atoms with Crippen molar-refractivity contribution in [1.82, 2.24) is 0 Å². The van der Waals surface area contributed by atoms with Crippen LogP contribution >= 0.6 is 0 Å². The molecule has 1 aromatic carbocycles. The van der Waals surface area contributed by atoms with Gasteiger partial charge >= 0.3 is 5.97 Å². The molecule has 0 saturated heterocycles. The molecular weight excluding hydrogens is 202 g/mol. The van der Waals surface area contributed by atoms with Crippen LogP contribution in [-0.4, -0.2) is 18.6 Å². The lowest BCUT2D eigenvalue weighted by atomic mass is 10.1. The molecule has 3 heteroatoms. The Hall–Kier alpha value is -1.51. The first-order valence-corrected chi connectivity index (χ1v) is 5.59. The van der Waals surface area contributed by atoms with Crippen LogP contribution in [0.5, 0.6) is 0 Å². The van der Waals surface area contributed by atoms with Crippen molar-refractivity contribution in [1.29, 1.82) is 0 Å². The molecule has 0 radical (unpaired) electrons. The van der Waals surface area contributed by atoms with Crippen molar-refractivity contribution < 1.29 is 9.53 Å². The maximum atomic E-state index is 11.5. The van der Waals surface area contributed by atoms with E-state index < -0.39 is 0 Å². The number of nitrogens with one attached hydrogen (secondary N) is 1. The van der Waals surface area contributed by atoms with Gasteiger partial charge in [0, 0.05) is 11.7 Å². The van der Waals surface area contributed by atoms with Crippen LogP contribution in [0.1, 0.15) is 36.7 Å². The Labute approximate surface area is 96.8 Å². The summed E-state index contributed by atoms with van der Waals surface area (Å²) < 4.78 is 4.94. The lowest BCUT2D eigenvalue weighted by Gasteiger charge is -2.13. The summed E-state index contributed by atoms with van der Waals surface area (Å²) in [6.45, 7) is 8.36. The van der Waals surface area contributed by atoms with E-state index >= 15 is 0 Å². The summed E-state index contributed by atoms with van der Waals surface area (Å²) in [6.07, 6.45) is 0. The number of ether oxygens (including phenoxy) is 1. The van der Waals surface area contributed by atoms with Crippen molar-refractivity contribution in [3.8, 4) is 0 Å². The van der Waals surface area contributed by atoms with Crippen molar-refractivity contribution >= 4 is 11.7 Å². The highest BCUT2D eigenvalue weighted by Crippen LogP contribution is 2.17. The third-order valence-corrected chi connectivity index (χ3v) is 2.18. The predicted molar refractivity (Wildman–Crippen MR) is 65.9 cm³/mol. The topological polar surface area (TPSA) is 38.3 Å². The Morgan fingerprint density at radius 2 is 2.12 bits per heavy atom. The number of hydrogen-bond acceptors (Lipinski definition) is 3. The molecule has 0 saturated carbocycles. The van der Waals surface area contributed by atoms with Crippen LogP contribution in [0.25, 0.3) is 0 Å². The zero-order valence-corrected chi connectivity index (χ0v) is 10.3. The van der Waals surface area contributed by atoms with Gasteiger partial charge in [-0.05, 0) is 51.5 Å². The largest absolute Gasteiger partial charge is 0.462 e. The van der Waals surface area contributed by atoms with E-state index in [1.807, 2.05) is 19.1 Å². The van der Waals surface area contributed by atoms with Crippen LogP contribution in [0.4, 0.5) is 5.69 Å². The average molecular weight is 221 g/mol. The Balaban J connectivity index is 2.86. The second-order valence-corrected chi connectivity index (χ2v) is 4.05. The third-order valence-electron chi connectivity index (χ3n) is 2.18. The second-order valence-electron chi connectivity index (χ2n) is 4.05. The molecule has 0 amide bonds. The molecule has 0 aliphatic heterocycles. The fourth-order valence-electron chi connectivity index (χ4n) is 1.48. The van der Waals surface area contributed by atoms with Gasteiger partial charge in [0.2, 0.25) is 0 Å². The third kappa shape index (κ3) is 3.26. The first-order chi connectivity index (χ1) is 7.54. The van der Waals surface area contributed by atoms with Crippen LogP contribution in [0.15, 0.2) is 18.2 Å². The fraction of sp³-hybridized carbons (Fsp3) is 0.462. The summed E-state index contributed by atoms with van der Waals surface area (Å²) in [6, 6.07) is 5.94. The van der Waals surface area contributed by atoms with Crippen molar-refractivity contribution in [3.05, 3.63) is 29.3 Å². The minimum atomic E-state index is -0.262. The van der Waals surface area contributed by atoms with Crippen LogP contribution in [0.2, 0.25) is 0 Å². The lowest BCUT2D eigenvalue weighted by Crippen LogP contribution is -2.11. The van der Waals surface area contributed by atoms with E-state index in [0.29, 0.717) is 18.2 Å². The van der Waals surface area contributed by atoms with E-state index in [9.17, 15) is 4.79 Å². The highest BCUT2D eigenvalue weighted by molar-refractivity contribution is 5.90. The summed E-state index contributed by atoms with van der Waals surface area (Å²) >= 11 is 0. The Morgan fingerprint density at radius 1 is 1.44 bits per heavy atom. The zero-order chi connectivity index (χ0) is 12.1. The molecule has 0 fully saturated rings. The first kappa shape index (κ1) is 12.6. The van der Waals surface area contributed by atoms with E-state index in [1.165, 1.54) is 0 Å². The maximum absolute atomic E-state index is 11.5. The molecule has 0 bridgehead atoms. The number of benzene rings is 1. The summed E-state index contributed by atoms with van der Waals surface area (Å²) in [4.78, 5) is 11.5. The Kier molecular flexibility index (Phi) is 4.35. The van der Waals surface area contributed by atoms with Gasteiger partial charge in [0.15, 0.2) is 0 Å². The zero-order valence-electron chi connectivity index (χ0n) is 10.3. The van der Waals surface area contributed by atoms with E-state index in [1.54, 1.807) is 13.0 Å². The molecule has 0 atom stereocenters. The minimum absolute atomic E-state index is 0.262. The number of carbonyl (C=O) groups excluding carboxylic acids is 1. The predicted octanol–water partition coefficient (Wildman–Crippen LogP) is 2.99. The monoisotopic (exact) mass is 221 g/mol. The maximum Gasteiger partial charge on any atom is 0.338 e. The van der Waals surface area contributed by atoms with Crippen LogP contribution in [0, 0.1) is 6.92 Å². The number of carbonyl (C=O) groups is 1. The molecule has 1 aromatic rings. The highest BCUT2D eigenvalue weighted by Gasteiger charge is 2.08. The summed E-state index contributed by atoms with van der Waals surface area (Å²) in [5.41, 5.74) is 2.72. The SMILES string of the molecule is CCOC(=O)c1ccc(NC(C)C)c(C)c1. The molecule has 0 aliphatic carbocycles. The Morgan fingerprint density at radius 3 is 2.62 bits per heavy atom. The van der Waals surface area contributed by atoms with Crippen molar-refractivity contribution in [3.63, 3.8) is 0 Å². The van der Waals surface area contributed by atoms with E-state index in [2.05, 4.69) is 19.2 Å². The molecule has 1 rings (SSSR count). The van der Waals surface area contributed by atoms with Crippen molar-refractivity contribution in [2.75, 3.05) is 11.9 Å². The van der Waals surface area contributed by atoms with E-state index in [4.69, 9.17) is 4.74 Å². The van der Waals surface area contributed by atoms with Gasteiger partial charge in [-0.3, -0.25) is 0 Å². The number of aryl methyl sites for hydroxylation is 1. The smallest absolute Gasteiger partial charge is 0.338 e. The standard InChI is InChI=1S/C13H19NO2/c1-5-16-13(15)11-6-7-12(10(4)8-11)14-9(2)3/h6-9,14H,5H2,1-4H3. The van der Waals surface area contributed by atoms with Gasteiger partial charge in [0.1, 0.15) is 0 Å². The van der Waals surface area contributed by atoms with Gasteiger partial charge in [0.05, 0.1) is 12.2 Å². The summed E-state index contributed by atoms with van der Waals surface area (Å²) in [7, 11) is 0. The molecule has 88 valence electrons. The van der Waals surface area contributed by atoms with Gasteiger partial charge in [-0.15, -0.1) is 0 Å². The summed E-state index contributed by atoms with van der Waals surface area (Å²) in [5, 5.41) is 3.32. The molecule has 0 aliphatic rings. The molecule has 0 spiro atoms. The van der Waals surface area contributed by atoms with Crippen LogP contribution in [0.3, 0.4) is 0 Å². The molecule has 0 unspecified atom stereocenters. The quantitative estimate of drug-likeness (QED) is 0.794. The van der Waals surface area contributed by atoms with Gasteiger partial charge in [-0.25, -0.2) is 4.79 Å². The number of rotatable bonds is 4.